The first-order chi connectivity index (χ1) is 13.4. The normalized spacial score (nSPS) is 16.5. The van der Waals surface area contributed by atoms with Crippen molar-refractivity contribution in [2.45, 2.75) is 40.0 Å². The molecule has 0 saturated carbocycles. The lowest BCUT2D eigenvalue weighted by atomic mass is 9.73. The van der Waals surface area contributed by atoms with Gasteiger partial charge in [-0.25, -0.2) is 9.97 Å². The number of amides is 1. The number of nitrogens with one attached hydrogen (secondary N) is 2. The minimum Gasteiger partial charge on any atom is -0.332 e. The molecule has 146 valence electrons. The Morgan fingerprint density at radius 1 is 1.25 bits per heavy atom. The van der Waals surface area contributed by atoms with Gasteiger partial charge in [0.15, 0.2) is 10.3 Å². The molecule has 1 atom stereocenters. The zero-order valence-corrected chi connectivity index (χ0v) is 17.9. The number of hydrogen-bond donors (Lipinski definition) is 2. The number of carbonyl (C=O) groups is 1. The largest absolute Gasteiger partial charge is 0.332 e. The highest BCUT2D eigenvalue weighted by Crippen LogP contribution is 2.40. The van der Waals surface area contributed by atoms with Crippen molar-refractivity contribution < 1.29 is 4.79 Å². The Balaban J connectivity index is 1.45. The number of fused-ring (bicyclic) bond motifs is 1. The molecule has 0 saturated heterocycles. The molecule has 0 aliphatic heterocycles. The second kappa shape index (κ2) is 7.64. The molecule has 4 rings (SSSR count). The van der Waals surface area contributed by atoms with Gasteiger partial charge in [0, 0.05) is 27.7 Å². The SMILES string of the molecule is CC(C)(C)C1CCc2nc(NC(=O)c3cccc(Nc4nccs4)c3)sc2C1. The number of aromatic nitrogens is 2. The van der Waals surface area contributed by atoms with Crippen molar-refractivity contribution in [3.05, 3.63) is 52.0 Å². The van der Waals surface area contributed by atoms with E-state index in [2.05, 4.69) is 41.4 Å². The van der Waals surface area contributed by atoms with E-state index in [0.717, 1.165) is 35.8 Å². The van der Waals surface area contributed by atoms with Gasteiger partial charge in [-0.2, -0.15) is 0 Å². The van der Waals surface area contributed by atoms with Gasteiger partial charge in [0.1, 0.15) is 0 Å². The first-order valence-corrected chi connectivity index (χ1v) is 11.1. The lowest BCUT2D eigenvalue weighted by Crippen LogP contribution is -2.26. The molecule has 3 aromatic rings. The average molecular weight is 413 g/mol. The van der Waals surface area contributed by atoms with Gasteiger partial charge in [-0.3, -0.25) is 10.1 Å². The highest BCUT2D eigenvalue weighted by Gasteiger charge is 2.30. The van der Waals surface area contributed by atoms with Crippen LogP contribution < -0.4 is 10.6 Å². The van der Waals surface area contributed by atoms with Crippen LogP contribution in [0.1, 0.15) is 48.1 Å². The number of thiazole rings is 2. The van der Waals surface area contributed by atoms with Gasteiger partial charge >= 0.3 is 0 Å². The van der Waals surface area contributed by atoms with E-state index >= 15 is 0 Å². The molecule has 0 spiro atoms. The summed E-state index contributed by atoms with van der Waals surface area (Å²) in [6, 6.07) is 7.43. The molecule has 5 nitrogen and oxygen atoms in total. The number of hydrogen-bond acceptors (Lipinski definition) is 6. The van der Waals surface area contributed by atoms with Gasteiger partial charge in [-0.05, 0) is 48.8 Å². The summed E-state index contributed by atoms with van der Waals surface area (Å²) in [6.45, 7) is 6.91. The second-order valence-corrected chi connectivity index (χ2v) is 10.2. The van der Waals surface area contributed by atoms with E-state index in [-0.39, 0.29) is 5.91 Å². The Labute approximate surface area is 173 Å². The minimum atomic E-state index is -0.138. The fourth-order valence-electron chi connectivity index (χ4n) is 3.48. The van der Waals surface area contributed by atoms with Gasteiger partial charge in [0.05, 0.1) is 5.69 Å². The monoisotopic (exact) mass is 412 g/mol. The Morgan fingerprint density at radius 2 is 2.11 bits per heavy atom. The number of nitrogens with zero attached hydrogens (tertiary/aromatic N) is 2. The molecule has 1 aromatic carbocycles. The predicted octanol–water partition coefficient (Wildman–Crippen LogP) is 5.75. The first-order valence-electron chi connectivity index (χ1n) is 9.45. The van der Waals surface area contributed by atoms with Crippen LogP contribution in [0.4, 0.5) is 16.0 Å². The minimum absolute atomic E-state index is 0.138. The number of aryl methyl sites for hydroxylation is 1. The van der Waals surface area contributed by atoms with Gasteiger partial charge in [-0.1, -0.05) is 26.8 Å². The maximum absolute atomic E-state index is 12.7. The van der Waals surface area contributed by atoms with Gasteiger partial charge < -0.3 is 5.32 Å². The predicted molar refractivity (Wildman–Crippen MR) is 117 cm³/mol. The Kier molecular flexibility index (Phi) is 5.21. The number of benzene rings is 1. The van der Waals surface area contributed by atoms with Crippen molar-refractivity contribution in [2.75, 3.05) is 10.6 Å². The number of anilines is 3. The van der Waals surface area contributed by atoms with Crippen LogP contribution in [0.2, 0.25) is 0 Å². The first kappa shape index (κ1) is 19.1. The third-order valence-electron chi connectivity index (χ3n) is 5.19. The second-order valence-electron chi connectivity index (χ2n) is 8.19. The summed E-state index contributed by atoms with van der Waals surface area (Å²) in [7, 11) is 0. The summed E-state index contributed by atoms with van der Waals surface area (Å²) in [6.07, 6.45) is 4.96. The summed E-state index contributed by atoms with van der Waals surface area (Å²) in [5, 5.41) is 9.61. The highest BCUT2D eigenvalue weighted by molar-refractivity contribution is 7.16. The van der Waals surface area contributed by atoms with E-state index in [1.165, 1.54) is 16.2 Å². The van der Waals surface area contributed by atoms with Crippen LogP contribution in [-0.4, -0.2) is 15.9 Å². The fraction of sp³-hybridized carbons (Fsp3) is 0.381. The van der Waals surface area contributed by atoms with Crippen LogP contribution in [0.25, 0.3) is 0 Å². The molecule has 1 unspecified atom stereocenters. The highest BCUT2D eigenvalue weighted by atomic mass is 32.1. The molecular weight excluding hydrogens is 388 g/mol. The van der Waals surface area contributed by atoms with Crippen LogP contribution in [-0.2, 0) is 12.8 Å². The van der Waals surface area contributed by atoms with Gasteiger partial charge in [-0.15, -0.1) is 22.7 Å². The van der Waals surface area contributed by atoms with Crippen LogP contribution >= 0.6 is 22.7 Å². The van der Waals surface area contributed by atoms with E-state index in [4.69, 9.17) is 0 Å². The summed E-state index contributed by atoms with van der Waals surface area (Å²) >= 11 is 3.14. The molecule has 2 aromatic heterocycles. The molecule has 1 aliphatic rings. The summed E-state index contributed by atoms with van der Waals surface area (Å²) in [5.41, 5.74) is 2.90. The van der Waals surface area contributed by atoms with E-state index in [9.17, 15) is 4.79 Å². The molecule has 28 heavy (non-hydrogen) atoms. The van der Waals surface area contributed by atoms with Gasteiger partial charge in [0.2, 0.25) is 0 Å². The third-order valence-corrected chi connectivity index (χ3v) is 6.92. The molecule has 2 heterocycles. The molecular formula is C21H24N4OS2. The summed E-state index contributed by atoms with van der Waals surface area (Å²) in [4.78, 5) is 22.9. The molecule has 0 fully saturated rings. The Bertz CT molecular complexity index is 973. The molecule has 2 N–H and O–H groups in total. The van der Waals surface area contributed by atoms with E-state index in [1.54, 1.807) is 17.5 Å². The smallest absolute Gasteiger partial charge is 0.257 e. The molecule has 1 aliphatic carbocycles. The average Bonchev–Trinajstić information content (AvgIpc) is 3.29. The van der Waals surface area contributed by atoms with Crippen molar-refractivity contribution >= 4 is 44.5 Å². The van der Waals surface area contributed by atoms with E-state index in [1.807, 2.05) is 29.6 Å². The summed E-state index contributed by atoms with van der Waals surface area (Å²) in [5.74, 6) is 0.527. The van der Waals surface area contributed by atoms with Crippen LogP contribution in [0, 0.1) is 11.3 Å². The maximum Gasteiger partial charge on any atom is 0.257 e. The molecule has 7 heteroatoms. The topological polar surface area (TPSA) is 66.9 Å². The fourth-order valence-corrected chi connectivity index (χ4v) is 5.12. The van der Waals surface area contributed by atoms with Crippen LogP contribution in [0.5, 0.6) is 0 Å². The molecule has 1 amide bonds. The number of carbonyl (C=O) groups excluding carboxylic acids is 1. The van der Waals surface area contributed by atoms with E-state index < -0.39 is 0 Å². The number of rotatable bonds is 4. The maximum atomic E-state index is 12.7. The summed E-state index contributed by atoms with van der Waals surface area (Å²) < 4.78 is 0. The van der Waals surface area contributed by atoms with Crippen LogP contribution in [0.15, 0.2) is 35.8 Å². The quantitative estimate of drug-likeness (QED) is 0.573. The Hall–Kier alpha value is -2.25. The van der Waals surface area contributed by atoms with Crippen molar-refractivity contribution in [3.8, 4) is 0 Å². The van der Waals surface area contributed by atoms with Crippen molar-refractivity contribution in [1.29, 1.82) is 0 Å². The van der Waals surface area contributed by atoms with Crippen molar-refractivity contribution in [3.63, 3.8) is 0 Å². The third kappa shape index (κ3) is 4.25. The van der Waals surface area contributed by atoms with Crippen molar-refractivity contribution in [2.24, 2.45) is 11.3 Å². The standard InChI is InChI=1S/C21H24N4OS2/c1-21(2,3)14-7-8-16-17(12-14)28-20(24-16)25-18(26)13-5-4-6-15(11-13)23-19-22-9-10-27-19/h4-6,9-11,14H,7-8,12H2,1-3H3,(H,22,23)(H,24,25,26). The Morgan fingerprint density at radius 3 is 2.86 bits per heavy atom. The van der Waals surface area contributed by atoms with E-state index in [0.29, 0.717) is 22.0 Å². The zero-order chi connectivity index (χ0) is 19.7. The zero-order valence-electron chi connectivity index (χ0n) is 16.3. The van der Waals surface area contributed by atoms with Crippen LogP contribution in [0.3, 0.4) is 0 Å². The van der Waals surface area contributed by atoms with Gasteiger partial charge in [0.25, 0.3) is 5.91 Å². The van der Waals surface area contributed by atoms with Crippen molar-refractivity contribution in [1.82, 2.24) is 9.97 Å². The lowest BCUT2D eigenvalue weighted by Gasteiger charge is -2.33. The molecule has 0 bridgehead atoms. The molecule has 0 radical (unpaired) electrons. The lowest BCUT2D eigenvalue weighted by molar-refractivity contribution is 0.102.